The van der Waals surface area contributed by atoms with Gasteiger partial charge in [-0.3, -0.25) is 4.68 Å². The highest BCUT2D eigenvalue weighted by atomic mass is 16.5. The van der Waals surface area contributed by atoms with Crippen LogP contribution in [0.1, 0.15) is 64.0 Å². The Morgan fingerprint density at radius 1 is 1.20 bits per heavy atom. The van der Waals surface area contributed by atoms with Gasteiger partial charge in [0.1, 0.15) is 0 Å². The Morgan fingerprint density at radius 2 is 1.90 bits per heavy atom. The third-order valence-corrected chi connectivity index (χ3v) is 3.70. The Labute approximate surface area is 123 Å². The van der Waals surface area contributed by atoms with Gasteiger partial charge in [0.25, 0.3) is 0 Å². The summed E-state index contributed by atoms with van der Waals surface area (Å²) in [5.74, 6) is 0. The Kier molecular flexibility index (Phi) is 7.24. The number of aromatic nitrogens is 2. The zero-order chi connectivity index (χ0) is 15.1. The van der Waals surface area contributed by atoms with Gasteiger partial charge in [0, 0.05) is 17.3 Å². The highest BCUT2D eigenvalue weighted by Crippen LogP contribution is 2.25. The second kappa shape index (κ2) is 8.42. The standard InChI is InChI=1S/C16H31N3O/c1-7-13(17-6)16-14(8-2)18-19(15(16)9-3)10-11-20-12(4)5/h12-13,17H,7-11H2,1-6H3. The van der Waals surface area contributed by atoms with E-state index in [1.54, 1.807) is 0 Å². The number of rotatable bonds is 9. The van der Waals surface area contributed by atoms with Gasteiger partial charge in [-0.05, 0) is 40.2 Å². The van der Waals surface area contributed by atoms with Crippen LogP contribution in [0, 0.1) is 0 Å². The minimum atomic E-state index is 0.279. The van der Waals surface area contributed by atoms with Crippen LogP contribution >= 0.6 is 0 Å². The molecule has 4 nitrogen and oxygen atoms in total. The summed E-state index contributed by atoms with van der Waals surface area (Å²) < 4.78 is 7.81. The predicted octanol–water partition coefficient (Wildman–Crippen LogP) is 3.10. The highest BCUT2D eigenvalue weighted by Gasteiger charge is 2.21. The summed E-state index contributed by atoms with van der Waals surface area (Å²) in [5.41, 5.74) is 3.99. The quantitative estimate of drug-likeness (QED) is 0.756. The van der Waals surface area contributed by atoms with Crippen molar-refractivity contribution in [3.8, 4) is 0 Å². The van der Waals surface area contributed by atoms with Crippen molar-refractivity contribution in [1.29, 1.82) is 0 Å². The third kappa shape index (κ3) is 4.06. The fourth-order valence-corrected chi connectivity index (χ4v) is 2.71. The molecular formula is C16H31N3O. The van der Waals surface area contributed by atoms with Crippen molar-refractivity contribution in [2.24, 2.45) is 0 Å². The van der Waals surface area contributed by atoms with Gasteiger partial charge in [-0.2, -0.15) is 5.10 Å². The van der Waals surface area contributed by atoms with E-state index in [-0.39, 0.29) is 6.10 Å². The molecule has 0 radical (unpaired) electrons. The van der Waals surface area contributed by atoms with Crippen molar-refractivity contribution in [3.63, 3.8) is 0 Å². The van der Waals surface area contributed by atoms with E-state index in [4.69, 9.17) is 9.84 Å². The van der Waals surface area contributed by atoms with E-state index in [1.807, 2.05) is 7.05 Å². The van der Waals surface area contributed by atoms with Gasteiger partial charge >= 0.3 is 0 Å². The van der Waals surface area contributed by atoms with E-state index >= 15 is 0 Å². The van der Waals surface area contributed by atoms with E-state index in [2.05, 4.69) is 44.6 Å². The van der Waals surface area contributed by atoms with Crippen molar-refractivity contribution in [2.75, 3.05) is 13.7 Å². The molecule has 1 aromatic rings. The van der Waals surface area contributed by atoms with Crippen LogP contribution in [0.3, 0.4) is 0 Å². The molecule has 0 saturated carbocycles. The topological polar surface area (TPSA) is 39.1 Å². The molecule has 1 heterocycles. The molecule has 1 aromatic heterocycles. The van der Waals surface area contributed by atoms with Crippen LogP contribution in [0.2, 0.25) is 0 Å². The third-order valence-electron chi connectivity index (χ3n) is 3.70. The SMILES string of the molecule is CCc1nn(CCOC(C)C)c(CC)c1C(CC)NC. The second-order valence-electron chi connectivity index (χ2n) is 5.41. The number of ether oxygens (including phenoxy) is 1. The molecule has 1 atom stereocenters. The summed E-state index contributed by atoms with van der Waals surface area (Å²) in [6.45, 7) is 12.3. The summed E-state index contributed by atoms with van der Waals surface area (Å²) in [6.07, 6.45) is 3.37. The Bertz CT molecular complexity index is 395. The molecule has 1 unspecified atom stereocenters. The minimum absolute atomic E-state index is 0.279. The van der Waals surface area contributed by atoms with Gasteiger partial charge in [-0.15, -0.1) is 0 Å². The predicted molar refractivity (Wildman–Crippen MR) is 84.2 cm³/mol. The second-order valence-corrected chi connectivity index (χ2v) is 5.41. The number of nitrogens with one attached hydrogen (secondary N) is 1. The van der Waals surface area contributed by atoms with Gasteiger partial charge in [-0.25, -0.2) is 0 Å². The lowest BCUT2D eigenvalue weighted by Gasteiger charge is -2.16. The zero-order valence-corrected chi connectivity index (χ0v) is 14.0. The lowest BCUT2D eigenvalue weighted by atomic mass is 9.99. The van der Waals surface area contributed by atoms with Crippen LogP contribution in [0.15, 0.2) is 0 Å². The summed E-state index contributed by atoms with van der Waals surface area (Å²) >= 11 is 0. The van der Waals surface area contributed by atoms with E-state index in [1.165, 1.54) is 17.0 Å². The zero-order valence-electron chi connectivity index (χ0n) is 14.0. The molecule has 0 saturated heterocycles. The fourth-order valence-electron chi connectivity index (χ4n) is 2.71. The largest absolute Gasteiger partial charge is 0.377 e. The number of hydrogen-bond acceptors (Lipinski definition) is 3. The monoisotopic (exact) mass is 281 g/mol. The van der Waals surface area contributed by atoms with Crippen molar-refractivity contribution < 1.29 is 4.74 Å². The molecule has 0 aromatic carbocycles. The lowest BCUT2D eigenvalue weighted by Crippen LogP contribution is -2.18. The summed E-state index contributed by atoms with van der Waals surface area (Å²) in [7, 11) is 2.03. The maximum atomic E-state index is 5.66. The van der Waals surface area contributed by atoms with E-state index in [9.17, 15) is 0 Å². The van der Waals surface area contributed by atoms with Crippen LogP contribution in [-0.2, 0) is 24.1 Å². The molecule has 4 heteroatoms. The van der Waals surface area contributed by atoms with Crippen molar-refractivity contribution in [1.82, 2.24) is 15.1 Å². The smallest absolute Gasteiger partial charge is 0.0672 e. The van der Waals surface area contributed by atoms with E-state index in [0.29, 0.717) is 6.04 Å². The fraction of sp³-hybridized carbons (Fsp3) is 0.812. The van der Waals surface area contributed by atoms with Crippen LogP contribution in [-0.4, -0.2) is 29.5 Å². The summed E-state index contributed by atoms with van der Waals surface area (Å²) in [4.78, 5) is 0. The molecule has 0 spiro atoms. The Hall–Kier alpha value is -0.870. The van der Waals surface area contributed by atoms with Crippen LogP contribution in [0.4, 0.5) is 0 Å². The molecular weight excluding hydrogens is 250 g/mol. The molecule has 1 N–H and O–H groups in total. The van der Waals surface area contributed by atoms with Crippen molar-refractivity contribution in [3.05, 3.63) is 17.0 Å². The maximum Gasteiger partial charge on any atom is 0.0672 e. The molecule has 0 bridgehead atoms. The lowest BCUT2D eigenvalue weighted by molar-refractivity contribution is 0.0705. The van der Waals surface area contributed by atoms with Crippen LogP contribution in [0.5, 0.6) is 0 Å². The van der Waals surface area contributed by atoms with Crippen molar-refractivity contribution in [2.45, 2.75) is 72.6 Å². The van der Waals surface area contributed by atoms with Crippen LogP contribution < -0.4 is 5.32 Å². The number of aryl methyl sites for hydroxylation is 1. The van der Waals surface area contributed by atoms with Gasteiger partial charge in [0.2, 0.25) is 0 Å². The number of hydrogen-bond donors (Lipinski definition) is 1. The summed E-state index contributed by atoms with van der Waals surface area (Å²) in [6, 6.07) is 0.402. The van der Waals surface area contributed by atoms with Gasteiger partial charge in [0.05, 0.1) is 24.9 Å². The van der Waals surface area contributed by atoms with E-state index < -0.39 is 0 Å². The molecule has 0 fully saturated rings. The molecule has 1 rings (SSSR count). The molecule has 0 amide bonds. The summed E-state index contributed by atoms with van der Waals surface area (Å²) in [5, 5.41) is 8.23. The average molecular weight is 281 g/mol. The van der Waals surface area contributed by atoms with Gasteiger partial charge in [0.15, 0.2) is 0 Å². The average Bonchev–Trinajstić information content (AvgIpc) is 2.78. The maximum absolute atomic E-state index is 5.66. The van der Waals surface area contributed by atoms with Crippen LogP contribution in [0.25, 0.3) is 0 Å². The first kappa shape index (κ1) is 17.2. The van der Waals surface area contributed by atoms with Gasteiger partial charge < -0.3 is 10.1 Å². The first-order valence-corrected chi connectivity index (χ1v) is 7.96. The first-order chi connectivity index (χ1) is 9.58. The Morgan fingerprint density at radius 3 is 2.35 bits per heavy atom. The van der Waals surface area contributed by atoms with Gasteiger partial charge in [-0.1, -0.05) is 20.8 Å². The van der Waals surface area contributed by atoms with E-state index in [0.717, 1.165) is 32.4 Å². The number of nitrogens with zero attached hydrogens (tertiary/aromatic N) is 2. The molecule has 0 aliphatic carbocycles. The molecule has 20 heavy (non-hydrogen) atoms. The van der Waals surface area contributed by atoms with Crippen molar-refractivity contribution >= 4 is 0 Å². The normalized spacial score (nSPS) is 13.2. The molecule has 0 aliphatic heterocycles. The minimum Gasteiger partial charge on any atom is -0.377 e. The Balaban J connectivity index is 3.00. The molecule has 116 valence electrons. The highest BCUT2D eigenvalue weighted by molar-refractivity contribution is 5.30. The first-order valence-electron chi connectivity index (χ1n) is 7.96. The molecule has 0 aliphatic rings.